The molecule has 1 aromatic heterocycles. The average molecular weight is 343 g/mol. The molecule has 1 saturated heterocycles. The highest BCUT2D eigenvalue weighted by Crippen LogP contribution is 2.26. The third-order valence-electron chi connectivity index (χ3n) is 4.79. The quantitative estimate of drug-likeness (QED) is 0.630. The number of piperidine rings is 1. The summed E-state index contributed by atoms with van der Waals surface area (Å²) >= 11 is 0. The summed E-state index contributed by atoms with van der Waals surface area (Å²) in [5.41, 5.74) is 3.46. The number of esters is 1. The molecule has 1 aliphatic heterocycles. The van der Waals surface area contributed by atoms with Gasteiger partial charge in [-0.1, -0.05) is 6.07 Å². The molecule has 3 rings (SSSR count). The highest BCUT2D eigenvalue weighted by atomic mass is 16.5. The highest BCUT2D eigenvalue weighted by Gasteiger charge is 2.27. The van der Waals surface area contributed by atoms with Crippen LogP contribution in [0, 0.1) is 19.8 Å². The second kappa shape index (κ2) is 7.40. The van der Waals surface area contributed by atoms with Crippen molar-refractivity contribution in [3.63, 3.8) is 0 Å². The fourth-order valence-corrected chi connectivity index (χ4v) is 3.79. The number of ether oxygens (including phenoxy) is 1. The van der Waals surface area contributed by atoms with Gasteiger partial charge in [-0.2, -0.15) is 0 Å². The van der Waals surface area contributed by atoms with Gasteiger partial charge in [0.15, 0.2) is 0 Å². The summed E-state index contributed by atoms with van der Waals surface area (Å²) in [6.07, 6.45) is 1.83. The van der Waals surface area contributed by atoms with Gasteiger partial charge in [0.05, 0.1) is 12.5 Å². The zero-order chi connectivity index (χ0) is 18.0. The summed E-state index contributed by atoms with van der Waals surface area (Å²) in [4.78, 5) is 26.2. The van der Waals surface area contributed by atoms with Crippen LogP contribution in [0.1, 0.15) is 36.5 Å². The fourth-order valence-electron chi connectivity index (χ4n) is 3.79. The van der Waals surface area contributed by atoms with Gasteiger partial charge in [-0.05, 0) is 62.9 Å². The predicted molar refractivity (Wildman–Crippen MR) is 96.6 cm³/mol. The zero-order valence-electron chi connectivity index (χ0n) is 15.1. The van der Waals surface area contributed by atoms with Crippen LogP contribution in [0.25, 0.3) is 11.0 Å². The van der Waals surface area contributed by atoms with Gasteiger partial charge in [0.25, 0.3) is 0 Å². The van der Waals surface area contributed by atoms with Crippen molar-refractivity contribution in [1.82, 2.24) is 4.90 Å². The Morgan fingerprint density at radius 2 is 2.12 bits per heavy atom. The van der Waals surface area contributed by atoms with E-state index in [1.54, 1.807) is 6.07 Å². The minimum Gasteiger partial charge on any atom is -0.466 e. The Bertz CT molecular complexity index is 839. The number of hydrogen-bond acceptors (Lipinski definition) is 5. The Labute approximate surface area is 147 Å². The summed E-state index contributed by atoms with van der Waals surface area (Å²) in [5, 5.41) is 1.00. The Hall–Kier alpha value is -2.14. The van der Waals surface area contributed by atoms with Crippen LogP contribution in [0.5, 0.6) is 0 Å². The lowest BCUT2D eigenvalue weighted by Gasteiger charge is -2.31. The fraction of sp³-hybridized carbons (Fsp3) is 0.500. The van der Waals surface area contributed by atoms with Gasteiger partial charge in [-0.3, -0.25) is 9.69 Å². The first-order valence-corrected chi connectivity index (χ1v) is 8.91. The molecule has 0 aliphatic carbocycles. The number of benzene rings is 1. The van der Waals surface area contributed by atoms with Crippen molar-refractivity contribution in [3.05, 3.63) is 45.3 Å². The lowest BCUT2D eigenvalue weighted by Crippen LogP contribution is -2.39. The van der Waals surface area contributed by atoms with Crippen molar-refractivity contribution >= 4 is 16.9 Å². The Morgan fingerprint density at radius 3 is 2.88 bits per heavy atom. The average Bonchev–Trinajstić information content (AvgIpc) is 2.54. The van der Waals surface area contributed by atoms with Crippen molar-refractivity contribution in [2.75, 3.05) is 19.7 Å². The van der Waals surface area contributed by atoms with Crippen molar-refractivity contribution < 1.29 is 13.9 Å². The molecule has 0 amide bonds. The molecule has 1 fully saturated rings. The van der Waals surface area contributed by atoms with Crippen LogP contribution >= 0.6 is 0 Å². The smallest absolute Gasteiger partial charge is 0.336 e. The van der Waals surface area contributed by atoms with E-state index < -0.39 is 0 Å². The third-order valence-corrected chi connectivity index (χ3v) is 4.79. The van der Waals surface area contributed by atoms with Gasteiger partial charge in [-0.15, -0.1) is 0 Å². The van der Waals surface area contributed by atoms with E-state index in [1.807, 2.05) is 26.8 Å². The Morgan fingerprint density at radius 1 is 1.32 bits per heavy atom. The molecule has 25 heavy (non-hydrogen) atoms. The first-order valence-electron chi connectivity index (χ1n) is 8.91. The van der Waals surface area contributed by atoms with E-state index in [0.29, 0.717) is 25.3 Å². The molecule has 0 spiro atoms. The molecule has 1 atom stereocenters. The largest absolute Gasteiger partial charge is 0.466 e. The van der Waals surface area contributed by atoms with E-state index in [9.17, 15) is 9.59 Å². The minimum atomic E-state index is -0.327. The summed E-state index contributed by atoms with van der Waals surface area (Å²) in [5.74, 6) is -0.195. The van der Waals surface area contributed by atoms with E-state index in [2.05, 4.69) is 11.0 Å². The number of carbonyl (C=O) groups excluding carboxylic acids is 1. The predicted octanol–water partition coefficient (Wildman–Crippen LogP) is 3.18. The summed E-state index contributed by atoms with van der Waals surface area (Å²) in [7, 11) is 0. The van der Waals surface area contributed by atoms with Gasteiger partial charge in [-0.25, -0.2) is 4.79 Å². The third kappa shape index (κ3) is 3.93. The van der Waals surface area contributed by atoms with Gasteiger partial charge in [0.1, 0.15) is 5.58 Å². The van der Waals surface area contributed by atoms with Crippen LogP contribution in [0.15, 0.2) is 27.4 Å². The van der Waals surface area contributed by atoms with Crippen molar-refractivity contribution in [1.29, 1.82) is 0 Å². The zero-order valence-corrected chi connectivity index (χ0v) is 15.1. The monoisotopic (exact) mass is 343 g/mol. The standard InChI is InChI=1S/C20H25NO4/c1-4-24-20(23)15-6-5-7-21(11-15)12-16-10-18(22)25-17-9-13(2)8-14(3)19(16)17/h8-10,15H,4-7,11-12H2,1-3H3. The molecule has 0 N–H and O–H groups in total. The van der Waals surface area contributed by atoms with Crippen LogP contribution < -0.4 is 5.63 Å². The molecule has 2 aromatic rings. The molecular weight excluding hydrogens is 318 g/mol. The van der Waals surface area contributed by atoms with E-state index in [1.165, 1.54) is 0 Å². The number of carbonyl (C=O) groups is 1. The van der Waals surface area contributed by atoms with Crippen LogP contribution in [-0.4, -0.2) is 30.6 Å². The van der Waals surface area contributed by atoms with Gasteiger partial charge >= 0.3 is 11.6 Å². The van der Waals surface area contributed by atoms with Crippen molar-refractivity contribution in [2.24, 2.45) is 5.92 Å². The SMILES string of the molecule is CCOC(=O)C1CCCN(Cc2cc(=O)oc3cc(C)cc(C)c23)C1. The second-order valence-electron chi connectivity index (χ2n) is 6.87. The second-order valence-corrected chi connectivity index (χ2v) is 6.87. The van der Waals surface area contributed by atoms with Gasteiger partial charge < -0.3 is 9.15 Å². The normalized spacial score (nSPS) is 18.4. The maximum atomic E-state index is 12.0. The molecule has 2 heterocycles. The maximum Gasteiger partial charge on any atom is 0.336 e. The molecular formula is C20H25NO4. The Kier molecular flexibility index (Phi) is 5.23. The number of hydrogen-bond donors (Lipinski definition) is 0. The topological polar surface area (TPSA) is 59.8 Å². The highest BCUT2D eigenvalue weighted by molar-refractivity contribution is 5.84. The number of aryl methyl sites for hydroxylation is 2. The lowest BCUT2D eigenvalue weighted by molar-refractivity contribution is -0.150. The molecule has 134 valence electrons. The molecule has 5 heteroatoms. The molecule has 0 saturated carbocycles. The van der Waals surface area contributed by atoms with Crippen LogP contribution in [0.4, 0.5) is 0 Å². The lowest BCUT2D eigenvalue weighted by atomic mass is 9.96. The molecule has 0 bridgehead atoms. The molecule has 5 nitrogen and oxygen atoms in total. The van der Waals surface area contributed by atoms with E-state index in [0.717, 1.165) is 41.5 Å². The van der Waals surface area contributed by atoms with Crippen molar-refractivity contribution in [2.45, 2.75) is 40.2 Å². The van der Waals surface area contributed by atoms with E-state index in [-0.39, 0.29) is 17.5 Å². The summed E-state index contributed by atoms with van der Waals surface area (Å²) in [6.45, 7) is 8.51. The molecule has 1 aromatic carbocycles. The van der Waals surface area contributed by atoms with Crippen LogP contribution in [0.3, 0.4) is 0 Å². The van der Waals surface area contributed by atoms with Crippen LogP contribution in [0.2, 0.25) is 0 Å². The first kappa shape index (κ1) is 17.7. The van der Waals surface area contributed by atoms with E-state index in [4.69, 9.17) is 9.15 Å². The number of fused-ring (bicyclic) bond motifs is 1. The number of likely N-dealkylation sites (tertiary alicyclic amines) is 1. The number of nitrogens with zero attached hydrogens (tertiary/aromatic N) is 1. The van der Waals surface area contributed by atoms with E-state index >= 15 is 0 Å². The van der Waals surface area contributed by atoms with Crippen LogP contribution in [-0.2, 0) is 16.1 Å². The first-order chi connectivity index (χ1) is 12.0. The number of rotatable bonds is 4. The molecule has 1 unspecified atom stereocenters. The minimum absolute atomic E-state index is 0.0802. The van der Waals surface area contributed by atoms with Gasteiger partial charge in [0, 0.05) is 24.5 Å². The Balaban J connectivity index is 1.87. The summed E-state index contributed by atoms with van der Waals surface area (Å²) in [6, 6.07) is 5.59. The molecule has 1 aliphatic rings. The molecule has 0 radical (unpaired) electrons. The van der Waals surface area contributed by atoms with Crippen molar-refractivity contribution in [3.8, 4) is 0 Å². The van der Waals surface area contributed by atoms with Gasteiger partial charge in [0.2, 0.25) is 0 Å². The maximum absolute atomic E-state index is 12.0. The summed E-state index contributed by atoms with van der Waals surface area (Å²) < 4.78 is 10.6.